The zero-order chi connectivity index (χ0) is 33.7. The van der Waals surface area contributed by atoms with Gasteiger partial charge < -0.3 is 9.52 Å². The molecular weight excluding hydrogens is 761 g/mol. The molecule has 1 radical (unpaired) electrons. The van der Waals surface area contributed by atoms with Crippen LogP contribution in [0.25, 0.3) is 44.3 Å². The van der Waals surface area contributed by atoms with Crippen LogP contribution in [0.3, 0.4) is 0 Å². The van der Waals surface area contributed by atoms with Gasteiger partial charge in [-0.25, -0.2) is 4.98 Å². The monoisotopic (exact) mass is 810 g/mol. The third-order valence-corrected chi connectivity index (χ3v) is 9.90. The minimum absolute atomic E-state index is 0. The number of pyridine rings is 2. The molecule has 5 aromatic rings. The molecule has 47 heavy (non-hydrogen) atoms. The van der Waals surface area contributed by atoms with Crippen molar-refractivity contribution in [3.63, 3.8) is 0 Å². The number of fused-ring (bicyclic) bond motifs is 2. The summed E-state index contributed by atoms with van der Waals surface area (Å²) < 4.78 is 5.46. The fourth-order valence-corrected chi connectivity index (χ4v) is 5.54. The molecule has 5 nitrogen and oxygen atoms in total. The maximum atomic E-state index is 12.2. The molecular formula is C41H49IrN2O3-. The molecule has 3 heterocycles. The number of rotatable bonds is 9. The van der Waals surface area contributed by atoms with Crippen molar-refractivity contribution in [2.24, 2.45) is 10.8 Å². The Balaban J connectivity index is 0.000000290. The van der Waals surface area contributed by atoms with Crippen molar-refractivity contribution >= 4 is 27.7 Å². The van der Waals surface area contributed by atoms with Crippen LogP contribution in [0, 0.1) is 16.9 Å². The van der Waals surface area contributed by atoms with E-state index in [-0.39, 0.29) is 47.9 Å². The quantitative estimate of drug-likeness (QED) is 0.0912. The average molecular weight is 810 g/mol. The third-order valence-electron chi connectivity index (χ3n) is 9.90. The van der Waals surface area contributed by atoms with Gasteiger partial charge in [0.1, 0.15) is 5.76 Å². The molecule has 0 bridgehead atoms. The molecule has 0 amide bonds. The number of aromatic nitrogens is 2. The van der Waals surface area contributed by atoms with Crippen LogP contribution >= 0.6 is 0 Å². The predicted octanol–water partition coefficient (Wildman–Crippen LogP) is 11.5. The minimum atomic E-state index is -0.337. The first kappa shape index (κ1) is 37.9. The fraction of sp³-hybridized carbons (Fsp3) is 0.390. The molecule has 0 saturated carbocycles. The number of hydrogen-bond acceptors (Lipinski definition) is 5. The normalized spacial score (nSPS) is 12.4. The second-order valence-corrected chi connectivity index (χ2v) is 13.7. The number of benzene rings is 2. The third kappa shape index (κ3) is 8.28. The first-order valence-corrected chi connectivity index (χ1v) is 16.5. The molecule has 6 heteroatoms. The van der Waals surface area contributed by atoms with Crippen LogP contribution in [0.2, 0.25) is 0 Å². The summed E-state index contributed by atoms with van der Waals surface area (Å²) in [4.78, 5) is 21.1. The molecule has 0 aliphatic carbocycles. The molecule has 0 unspecified atom stereocenters. The van der Waals surface area contributed by atoms with Gasteiger partial charge in [-0.15, -0.1) is 29.1 Å². The number of aliphatic hydroxyl groups is 1. The zero-order valence-corrected chi connectivity index (χ0v) is 31.7. The minimum Gasteiger partial charge on any atom is -0.512 e. The van der Waals surface area contributed by atoms with E-state index in [9.17, 15) is 9.90 Å². The molecule has 2 aromatic carbocycles. The maximum absolute atomic E-state index is 12.2. The summed E-state index contributed by atoms with van der Waals surface area (Å²) in [5, 5.41) is 13.5. The smallest absolute Gasteiger partial charge is 0.226 e. The Morgan fingerprint density at radius 3 is 2.11 bits per heavy atom. The topological polar surface area (TPSA) is 76.2 Å². The molecule has 0 fully saturated rings. The average Bonchev–Trinajstić information content (AvgIpc) is 3.56. The summed E-state index contributed by atoms with van der Waals surface area (Å²) in [5.74, 6) is 0.286. The van der Waals surface area contributed by atoms with Crippen LogP contribution in [0.1, 0.15) is 93.6 Å². The molecule has 0 saturated heterocycles. The Hall–Kier alpha value is -3.60. The van der Waals surface area contributed by atoms with Gasteiger partial charge in [-0.05, 0) is 60.4 Å². The summed E-state index contributed by atoms with van der Waals surface area (Å²) in [7, 11) is 0. The first-order valence-electron chi connectivity index (χ1n) is 16.5. The molecule has 0 spiro atoms. The van der Waals surface area contributed by atoms with E-state index in [2.05, 4.69) is 73.2 Å². The van der Waals surface area contributed by atoms with E-state index in [1.807, 2.05) is 65.9 Å². The number of carbonyl (C=O) groups excluding carboxylic acids is 1. The van der Waals surface area contributed by atoms with Gasteiger partial charge in [0.25, 0.3) is 0 Å². The second-order valence-electron chi connectivity index (χ2n) is 13.7. The van der Waals surface area contributed by atoms with Gasteiger partial charge in [0.2, 0.25) is 5.71 Å². The van der Waals surface area contributed by atoms with E-state index in [0.29, 0.717) is 5.71 Å². The summed E-state index contributed by atoms with van der Waals surface area (Å²) in [6, 6.07) is 22.4. The summed E-state index contributed by atoms with van der Waals surface area (Å²) >= 11 is 0. The number of carbonyl (C=O) groups is 1. The van der Waals surface area contributed by atoms with Crippen LogP contribution in [0.4, 0.5) is 0 Å². The van der Waals surface area contributed by atoms with Crippen molar-refractivity contribution in [3.8, 4) is 22.4 Å². The van der Waals surface area contributed by atoms with Crippen molar-refractivity contribution < 1.29 is 34.4 Å². The van der Waals surface area contributed by atoms with Gasteiger partial charge in [0.15, 0.2) is 5.78 Å². The number of nitrogens with zero attached hydrogens (tertiary/aromatic N) is 2. The number of allylic oxidation sites excluding steroid dienone is 2. The molecule has 251 valence electrons. The summed E-state index contributed by atoms with van der Waals surface area (Å²) in [6.45, 7) is 18.8. The van der Waals surface area contributed by atoms with Crippen molar-refractivity contribution in [1.82, 2.24) is 9.97 Å². The van der Waals surface area contributed by atoms with Crippen LogP contribution in [-0.2, 0) is 30.3 Å². The number of furan rings is 1. The number of hydrogen-bond donors (Lipinski definition) is 1. The maximum Gasteiger partial charge on any atom is 0.226 e. The van der Waals surface area contributed by atoms with Crippen LogP contribution < -0.4 is 0 Å². The fourth-order valence-electron chi connectivity index (χ4n) is 5.54. The van der Waals surface area contributed by atoms with E-state index in [0.717, 1.165) is 58.8 Å². The van der Waals surface area contributed by atoms with Crippen LogP contribution in [-0.4, -0.2) is 20.9 Å². The Kier molecular flexibility index (Phi) is 12.5. The van der Waals surface area contributed by atoms with Gasteiger partial charge in [-0.1, -0.05) is 97.5 Å². The van der Waals surface area contributed by atoms with Crippen molar-refractivity contribution in [1.29, 1.82) is 0 Å². The van der Waals surface area contributed by atoms with Crippen LogP contribution in [0.5, 0.6) is 0 Å². The molecule has 0 atom stereocenters. The van der Waals surface area contributed by atoms with Crippen molar-refractivity contribution in [2.45, 2.75) is 93.4 Å². The van der Waals surface area contributed by atoms with Gasteiger partial charge in [-0.3, -0.25) is 9.78 Å². The van der Waals surface area contributed by atoms with Gasteiger partial charge in [0.05, 0.1) is 6.26 Å². The molecule has 0 aliphatic heterocycles. The summed E-state index contributed by atoms with van der Waals surface area (Å²) in [6.07, 6.45) is 10.1. The summed E-state index contributed by atoms with van der Waals surface area (Å²) in [5.41, 5.74) is 5.46. The molecule has 3 aromatic heterocycles. The van der Waals surface area contributed by atoms with Gasteiger partial charge >= 0.3 is 0 Å². The zero-order valence-electron chi connectivity index (χ0n) is 29.3. The first-order chi connectivity index (χ1) is 21.8. The van der Waals surface area contributed by atoms with Gasteiger partial charge in [-0.2, -0.15) is 0 Å². The van der Waals surface area contributed by atoms with Gasteiger partial charge in [0, 0.05) is 60.5 Å². The van der Waals surface area contributed by atoms with E-state index in [4.69, 9.17) is 4.42 Å². The van der Waals surface area contributed by atoms with E-state index < -0.39 is 0 Å². The Labute approximate surface area is 294 Å². The SMILES string of the molecule is CC(C)(C)c1cc(-c2cc(-c3ccnc4occc34)ccn2)[c-]c2ccccc12.CCC(C)(CC)C(=O)/C=C(\O)C(C)(CC)CC.[Ir]. The molecule has 1 N–H and O–H groups in total. The molecule has 5 rings (SSSR count). The predicted molar refractivity (Wildman–Crippen MR) is 191 cm³/mol. The van der Waals surface area contributed by atoms with Crippen molar-refractivity contribution in [3.05, 3.63) is 96.7 Å². The van der Waals surface area contributed by atoms with E-state index >= 15 is 0 Å². The van der Waals surface area contributed by atoms with Crippen LogP contribution in [0.15, 0.2) is 89.5 Å². The Bertz CT molecular complexity index is 1840. The molecule has 0 aliphatic rings. The standard InChI is InChI=1S/C26H21N2O.C15H28O2.Ir/c1-26(2,3)23-15-19(14-17-6-4-5-7-21(17)23)24-16-18(8-11-27-24)20-9-12-28-25-22(20)10-13-29-25;1-7-14(5,8-2)12(16)11-13(17)15(6,9-3)10-4;/h4-13,15-16H,1-3H3;11,16H,7-10H2,1-6H3;/q-1;;/b;12-11-;. The number of aliphatic hydroxyl groups excluding tert-OH is 1. The van der Waals surface area contributed by atoms with E-state index in [1.165, 1.54) is 17.0 Å². The number of ketones is 1. The Morgan fingerprint density at radius 1 is 0.830 bits per heavy atom. The largest absolute Gasteiger partial charge is 0.512 e. The van der Waals surface area contributed by atoms with Crippen molar-refractivity contribution in [2.75, 3.05) is 0 Å². The Morgan fingerprint density at radius 2 is 1.47 bits per heavy atom. The van der Waals surface area contributed by atoms with E-state index in [1.54, 1.807) is 12.5 Å². The second kappa shape index (κ2) is 15.5.